The number of anilines is 1. The number of para-hydroxylation sites is 1. The van der Waals surface area contributed by atoms with E-state index in [1.807, 2.05) is 32.0 Å². The number of ether oxygens (including phenoxy) is 1. The summed E-state index contributed by atoms with van der Waals surface area (Å²) in [6.07, 6.45) is 0. The Labute approximate surface area is 187 Å². The monoisotopic (exact) mass is 458 g/mol. The van der Waals surface area contributed by atoms with Gasteiger partial charge in [-0.2, -0.15) is 0 Å². The van der Waals surface area contributed by atoms with Crippen LogP contribution in [0.5, 0.6) is 5.75 Å². The number of nitrogens with one attached hydrogen (secondary N) is 2. The third-order valence-corrected chi connectivity index (χ3v) is 6.36. The van der Waals surface area contributed by atoms with Crippen molar-refractivity contribution in [1.29, 1.82) is 0 Å². The molecular formula is C23H23ClN2O4S. The normalized spacial score (nSPS) is 11.1. The number of carbonyl (C=O) groups is 1. The standard InChI is InChI=1S/C23H23ClN2O4S/c1-16-8-9-17(2)21(14-16)30-13-12-25-23(27)18-10-11-20(24)22(15-18)31(28,29)26-19-6-4-3-5-7-19/h3-11,14-15,26H,12-13H2,1-2H3,(H,25,27). The number of sulfonamides is 1. The molecule has 31 heavy (non-hydrogen) atoms. The van der Waals surface area contributed by atoms with Crippen LogP contribution in [-0.4, -0.2) is 27.5 Å². The van der Waals surface area contributed by atoms with Gasteiger partial charge in [-0.25, -0.2) is 8.42 Å². The van der Waals surface area contributed by atoms with Crippen molar-refractivity contribution in [3.05, 3.63) is 88.4 Å². The number of hydrogen-bond acceptors (Lipinski definition) is 4. The van der Waals surface area contributed by atoms with E-state index in [0.717, 1.165) is 16.9 Å². The van der Waals surface area contributed by atoms with Crippen molar-refractivity contribution < 1.29 is 17.9 Å². The predicted octanol–water partition coefficient (Wildman–Crippen LogP) is 4.57. The molecule has 3 rings (SSSR count). The second-order valence-corrected chi connectivity index (χ2v) is 9.05. The highest BCUT2D eigenvalue weighted by molar-refractivity contribution is 7.92. The fraction of sp³-hybridized carbons (Fsp3) is 0.174. The Morgan fingerprint density at radius 1 is 1.00 bits per heavy atom. The largest absolute Gasteiger partial charge is 0.491 e. The van der Waals surface area contributed by atoms with Crippen LogP contribution in [-0.2, 0) is 10.0 Å². The lowest BCUT2D eigenvalue weighted by Crippen LogP contribution is -2.28. The molecule has 162 valence electrons. The summed E-state index contributed by atoms with van der Waals surface area (Å²) in [5.41, 5.74) is 2.68. The van der Waals surface area contributed by atoms with Gasteiger partial charge in [-0.15, -0.1) is 0 Å². The molecule has 0 aliphatic rings. The second kappa shape index (κ2) is 9.85. The zero-order valence-corrected chi connectivity index (χ0v) is 18.8. The van der Waals surface area contributed by atoms with E-state index in [2.05, 4.69) is 10.0 Å². The quantitative estimate of drug-likeness (QED) is 0.484. The third kappa shape index (κ3) is 5.99. The highest BCUT2D eigenvalue weighted by atomic mass is 35.5. The van der Waals surface area contributed by atoms with E-state index >= 15 is 0 Å². The number of aryl methyl sites for hydroxylation is 2. The molecule has 0 aromatic heterocycles. The molecule has 2 N–H and O–H groups in total. The summed E-state index contributed by atoms with van der Waals surface area (Å²) >= 11 is 6.10. The molecule has 0 spiro atoms. The molecule has 1 amide bonds. The van der Waals surface area contributed by atoms with E-state index in [1.54, 1.807) is 30.3 Å². The van der Waals surface area contributed by atoms with Gasteiger partial charge >= 0.3 is 0 Å². The second-order valence-electron chi connectivity index (χ2n) is 6.99. The van der Waals surface area contributed by atoms with Gasteiger partial charge in [-0.3, -0.25) is 9.52 Å². The molecule has 0 bridgehead atoms. The molecule has 3 aromatic carbocycles. The van der Waals surface area contributed by atoms with Gasteiger partial charge in [0.1, 0.15) is 17.3 Å². The van der Waals surface area contributed by atoms with E-state index in [-0.39, 0.29) is 28.6 Å². The summed E-state index contributed by atoms with van der Waals surface area (Å²) in [7, 11) is -3.96. The van der Waals surface area contributed by atoms with E-state index in [0.29, 0.717) is 5.69 Å². The lowest BCUT2D eigenvalue weighted by atomic mass is 10.1. The first-order valence-electron chi connectivity index (χ1n) is 9.62. The predicted molar refractivity (Wildman–Crippen MR) is 122 cm³/mol. The molecule has 0 fully saturated rings. The van der Waals surface area contributed by atoms with Gasteiger partial charge in [0.25, 0.3) is 15.9 Å². The minimum Gasteiger partial charge on any atom is -0.491 e. The molecule has 0 atom stereocenters. The van der Waals surface area contributed by atoms with E-state index < -0.39 is 15.9 Å². The maximum atomic E-state index is 12.7. The summed E-state index contributed by atoms with van der Waals surface area (Å²) in [6.45, 7) is 4.48. The summed E-state index contributed by atoms with van der Waals surface area (Å²) in [6, 6.07) is 18.5. The highest BCUT2D eigenvalue weighted by Crippen LogP contribution is 2.25. The SMILES string of the molecule is Cc1ccc(C)c(OCCNC(=O)c2ccc(Cl)c(S(=O)(=O)Nc3ccccc3)c2)c1. The Balaban J connectivity index is 1.65. The first-order valence-corrected chi connectivity index (χ1v) is 11.5. The molecule has 3 aromatic rings. The minimum atomic E-state index is -3.96. The Morgan fingerprint density at radius 2 is 1.74 bits per heavy atom. The zero-order valence-electron chi connectivity index (χ0n) is 17.2. The maximum absolute atomic E-state index is 12.7. The van der Waals surface area contributed by atoms with Crippen LogP contribution in [0.3, 0.4) is 0 Å². The van der Waals surface area contributed by atoms with Gasteiger partial charge in [0.05, 0.1) is 11.6 Å². The van der Waals surface area contributed by atoms with Crippen molar-refractivity contribution in [1.82, 2.24) is 5.32 Å². The number of benzene rings is 3. The van der Waals surface area contributed by atoms with Crippen molar-refractivity contribution in [3.63, 3.8) is 0 Å². The van der Waals surface area contributed by atoms with Crippen LogP contribution in [0.4, 0.5) is 5.69 Å². The van der Waals surface area contributed by atoms with Gasteiger partial charge in [-0.1, -0.05) is 41.9 Å². The lowest BCUT2D eigenvalue weighted by molar-refractivity contribution is 0.0946. The van der Waals surface area contributed by atoms with Crippen LogP contribution in [0.15, 0.2) is 71.6 Å². The average Bonchev–Trinajstić information content (AvgIpc) is 2.74. The molecule has 6 nitrogen and oxygen atoms in total. The maximum Gasteiger partial charge on any atom is 0.263 e. The van der Waals surface area contributed by atoms with Gasteiger partial charge in [0.2, 0.25) is 0 Å². The van der Waals surface area contributed by atoms with Crippen molar-refractivity contribution in [2.75, 3.05) is 17.9 Å². The Morgan fingerprint density at radius 3 is 2.48 bits per heavy atom. The molecule has 0 radical (unpaired) electrons. The fourth-order valence-corrected chi connectivity index (χ4v) is 4.44. The van der Waals surface area contributed by atoms with Gasteiger partial charge in [-0.05, 0) is 61.4 Å². The van der Waals surface area contributed by atoms with Gasteiger partial charge in [0.15, 0.2) is 0 Å². The zero-order chi connectivity index (χ0) is 22.4. The van der Waals surface area contributed by atoms with Crippen LogP contribution >= 0.6 is 11.6 Å². The van der Waals surface area contributed by atoms with Crippen molar-refractivity contribution >= 4 is 33.2 Å². The first-order chi connectivity index (χ1) is 14.8. The first kappa shape index (κ1) is 22.7. The Bertz CT molecular complexity index is 1180. The summed E-state index contributed by atoms with van der Waals surface area (Å²) < 4.78 is 33.6. The fourth-order valence-electron chi connectivity index (χ4n) is 2.86. The van der Waals surface area contributed by atoms with Crippen LogP contribution in [0.25, 0.3) is 0 Å². The summed E-state index contributed by atoms with van der Waals surface area (Å²) in [5, 5.41) is 2.76. The third-order valence-electron chi connectivity index (χ3n) is 4.50. The van der Waals surface area contributed by atoms with Gasteiger partial charge in [0, 0.05) is 11.3 Å². The Hall–Kier alpha value is -3.03. The smallest absolute Gasteiger partial charge is 0.263 e. The molecule has 0 aliphatic heterocycles. The number of carbonyl (C=O) groups excluding carboxylic acids is 1. The van der Waals surface area contributed by atoms with E-state index in [4.69, 9.17) is 16.3 Å². The van der Waals surface area contributed by atoms with Crippen molar-refractivity contribution in [2.24, 2.45) is 0 Å². The van der Waals surface area contributed by atoms with Crippen molar-refractivity contribution in [3.8, 4) is 5.75 Å². The summed E-state index contributed by atoms with van der Waals surface area (Å²) in [5.74, 6) is 0.346. The summed E-state index contributed by atoms with van der Waals surface area (Å²) in [4.78, 5) is 12.3. The lowest BCUT2D eigenvalue weighted by Gasteiger charge is -2.12. The van der Waals surface area contributed by atoms with Gasteiger partial charge < -0.3 is 10.1 Å². The molecule has 8 heteroatoms. The molecule has 0 heterocycles. The molecule has 0 unspecified atom stereocenters. The Kier molecular flexibility index (Phi) is 7.20. The van der Waals surface area contributed by atoms with Crippen molar-refractivity contribution in [2.45, 2.75) is 18.7 Å². The molecule has 0 saturated carbocycles. The molecular weight excluding hydrogens is 436 g/mol. The molecule has 0 aliphatic carbocycles. The number of halogens is 1. The number of amides is 1. The molecule has 0 saturated heterocycles. The minimum absolute atomic E-state index is 0.0261. The average molecular weight is 459 g/mol. The van der Waals surface area contributed by atoms with Crippen LogP contribution in [0.1, 0.15) is 21.5 Å². The number of hydrogen-bond donors (Lipinski definition) is 2. The van der Waals surface area contributed by atoms with Crippen LogP contribution in [0.2, 0.25) is 5.02 Å². The van der Waals surface area contributed by atoms with E-state index in [1.165, 1.54) is 18.2 Å². The van der Waals surface area contributed by atoms with Crippen LogP contribution in [0, 0.1) is 13.8 Å². The van der Waals surface area contributed by atoms with E-state index in [9.17, 15) is 13.2 Å². The topological polar surface area (TPSA) is 84.5 Å². The van der Waals surface area contributed by atoms with Crippen LogP contribution < -0.4 is 14.8 Å². The number of rotatable bonds is 8. The highest BCUT2D eigenvalue weighted by Gasteiger charge is 2.20.